The summed E-state index contributed by atoms with van der Waals surface area (Å²) < 4.78 is 5.20. The van der Waals surface area contributed by atoms with Gasteiger partial charge >= 0.3 is 0 Å². The van der Waals surface area contributed by atoms with Crippen molar-refractivity contribution in [3.63, 3.8) is 0 Å². The quantitative estimate of drug-likeness (QED) is 0.599. The van der Waals surface area contributed by atoms with Crippen LogP contribution in [0.25, 0.3) is 11.1 Å². The highest BCUT2D eigenvalue weighted by Crippen LogP contribution is 2.50. The molecule has 104 valence electrons. The maximum absolute atomic E-state index is 9.92. The summed E-state index contributed by atoms with van der Waals surface area (Å²) in [5.74, 6) is -0.787. The van der Waals surface area contributed by atoms with Crippen molar-refractivity contribution in [2.45, 2.75) is 12.8 Å². The summed E-state index contributed by atoms with van der Waals surface area (Å²) in [4.78, 5) is 0. The van der Waals surface area contributed by atoms with Gasteiger partial charge in [-0.05, 0) is 47.7 Å². The molecule has 20 heavy (non-hydrogen) atoms. The van der Waals surface area contributed by atoms with Gasteiger partial charge in [0.25, 0.3) is 0 Å². The predicted octanol–water partition coefficient (Wildman–Crippen LogP) is 2.28. The molecule has 0 radical (unpaired) electrons. The minimum Gasteiger partial charge on any atom is -0.504 e. The Kier molecular flexibility index (Phi) is 2.64. The SMILES string of the molecule is COc1c(O)c(O)cc2c1-c1cc(O)c(O)cc1CC2. The van der Waals surface area contributed by atoms with E-state index in [4.69, 9.17) is 4.74 Å². The zero-order valence-electron chi connectivity index (χ0n) is 10.8. The summed E-state index contributed by atoms with van der Waals surface area (Å²) >= 11 is 0. The Morgan fingerprint density at radius 3 is 2.15 bits per heavy atom. The van der Waals surface area contributed by atoms with Crippen molar-refractivity contribution in [2.75, 3.05) is 7.11 Å². The summed E-state index contributed by atoms with van der Waals surface area (Å²) in [5, 5.41) is 38.9. The van der Waals surface area contributed by atoms with Crippen LogP contribution >= 0.6 is 0 Å². The van der Waals surface area contributed by atoms with Crippen LogP contribution in [0.1, 0.15) is 11.1 Å². The largest absolute Gasteiger partial charge is 0.504 e. The molecule has 0 saturated heterocycles. The lowest BCUT2D eigenvalue weighted by molar-refractivity contribution is 0.351. The number of benzene rings is 2. The molecule has 0 heterocycles. The molecule has 2 aromatic rings. The predicted molar refractivity (Wildman–Crippen MR) is 72.5 cm³/mol. The smallest absolute Gasteiger partial charge is 0.201 e. The van der Waals surface area contributed by atoms with Gasteiger partial charge in [0.05, 0.1) is 7.11 Å². The van der Waals surface area contributed by atoms with Gasteiger partial charge in [0, 0.05) is 5.56 Å². The maximum atomic E-state index is 9.92. The minimum absolute atomic E-state index is 0.172. The lowest BCUT2D eigenvalue weighted by Gasteiger charge is -2.23. The molecule has 0 amide bonds. The highest BCUT2D eigenvalue weighted by Gasteiger charge is 2.26. The summed E-state index contributed by atoms with van der Waals surface area (Å²) in [6.07, 6.45) is 1.32. The van der Waals surface area contributed by atoms with E-state index in [9.17, 15) is 20.4 Å². The van der Waals surface area contributed by atoms with Gasteiger partial charge in [-0.25, -0.2) is 0 Å². The maximum Gasteiger partial charge on any atom is 0.201 e. The molecule has 0 aliphatic heterocycles. The van der Waals surface area contributed by atoms with Gasteiger partial charge in [0.15, 0.2) is 23.0 Å². The lowest BCUT2D eigenvalue weighted by atomic mass is 9.84. The summed E-state index contributed by atoms with van der Waals surface area (Å²) in [6, 6.07) is 4.46. The second-order valence-electron chi connectivity index (χ2n) is 4.81. The van der Waals surface area contributed by atoms with E-state index in [-0.39, 0.29) is 28.7 Å². The van der Waals surface area contributed by atoms with Crippen molar-refractivity contribution in [1.29, 1.82) is 0 Å². The molecule has 5 heteroatoms. The molecule has 2 aromatic carbocycles. The van der Waals surface area contributed by atoms with Crippen LogP contribution in [-0.2, 0) is 12.8 Å². The number of hydrogen-bond donors (Lipinski definition) is 4. The van der Waals surface area contributed by atoms with E-state index in [2.05, 4.69) is 0 Å². The number of methoxy groups -OCH3 is 1. The van der Waals surface area contributed by atoms with Crippen molar-refractivity contribution < 1.29 is 25.2 Å². The van der Waals surface area contributed by atoms with E-state index in [1.54, 1.807) is 0 Å². The highest BCUT2D eigenvalue weighted by atomic mass is 16.5. The summed E-state index contributed by atoms with van der Waals surface area (Å²) in [6.45, 7) is 0. The lowest BCUT2D eigenvalue weighted by Crippen LogP contribution is -2.06. The van der Waals surface area contributed by atoms with Gasteiger partial charge in [-0.15, -0.1) is 0 Å². The van der Waals surface area contributed by atoms with Crippen LogP contribution in [-0.4, -0.2) is 27.5 Å². The first-order valence-electron chi connectivity index (χ1n) is 6.20. The van der Waals surface area contributed by atoms with Crippen LogP contribution in [0.15, 0.2) is 18.2 Å². The van der Waals surface area contributed by atoms with Gasteiger partial charge in [0.1, 0.15) is 0 Å². The fourth-order valence-electron chi connectivity index (χ4n) is 2.71. The second-order valence-corrected chi connectivity index (χ2v) is 4.81. The molecule has 0 fully saturated rings. The standard InChI is InChI=1S/C15H14O5/c1-20-15-13-8(5-12(18)14(15)19)3-2-7-4-10(16)11(17)6-9(7)13/h4-6,16-19H,2-3H2,1H3. The van der Waals surface area contributed by atoms with E-state index in [0.717, 1.165) is 11.1 Å². The first-order chi connectivity index (χ1) is 9.52. The monoisotopic (exact) mass is 274 g/mol. The van der Waals surface area contributed by atoms with E-state index in [0.29, 0.717) is 24.0 Å². The Labute approximate surface area is 115 Å². The van der Waals surface area contributed by atoms with Gasteiger partial charge in [-0.1, -0.05) is 0 Å². The fraction of sp³-hybridized carbons (Fsp3) is 0.200. The molecule has 5 nitrogen and oxygen atoms in total. The van der Waals surface area contributed by atoms with Gasteiger partial charge in [0.2, 0.25) is 5.75 Å². The van der Waals surface area contributed by atoms with Crippen LogP contribution in [0.3, 0.4) is 0 Å². The van der Waals surface area contributed by atoms with E-state index in [1.807, 2.05) is 0 Å². The molecule has 0 saturated carbocycles. The van der Waals surface area contributed by atoms with E-state index < -0.39 is 0 Å². The number of hydrogen-bond acceptors (Lipinski definition) is 5. The number of aryl methyl sites for hydroxylation is 2. The van der Waals surface area contributed by atoms with Crippen LogP contribution in [0.2, 0.25) is 0 Å². The molecule has 4 N–H and O–H groups in total. The first kappa shape index (κ1) is 12.5. The van der Waals surface area contributed by atoms with Gasteiger partial charge in [-0.3, -0.25) is 0 Å². The Morgan fingerprint density at radius 2 is 1.45 bits per heavy atom. The molecule has 1 aliphatic carbocycles. The number of phenolic OH excluding ortho intramolecular Hbond substituents is 4. The van der Waals surface area contributed by atoms with E-state index in [1.165, 1.54) is 25.3 Å². The Hall–Kier alpha value is -2.56. The average Bonchev–Trinajstić information content (AvgIpc) is 2.42. The average molecular weight is 274 g/mol. The van der Waals surface area contributed by atoms with Crippen LogP contribution in [0.4, 0.5) is 0 Å². The van der Waals surface area contributed by atoms with Crippen LogP contribution < -0.4 is 4.74 Å². The fourth-order valence-corrected chi connectivity index (χ4v) is 2.71. The zero-order chi connectivity index (χ0) is 14.4. The molecular weight excluding hydrogens is 260 g/mol. The normalized spacial score (nSPS) is 12.7. The third-order valence-corrected chi connectivity index (χ3v) is 3.65. The van der Waals surface area contributed by atoms with Crippen LogP contribution in [0, 0.1) is 0 Å². The molecule has 0 atom stereocenters. The van der Waals surface area contributed by atoms with E-state index >= 15 is 0 Å². The highest BCUT2D eigenvalue weighted by molar-refractivity contribution is 5.84. The number of ether oxygens (including phenoxy) is 1. The van der Waals surface area contributed by atoms with Gasteiger partial charge in [-0.2, -0.15) is 0 Å². The molecule has 1 aliphatic rings. The third kappa shape index (κ3) is 1.63. The second kappa shape index (κ2) is 4.23. The molecule has 0 aromatic heterocycles. The van der Waals surface area contributed by atoms with Crippen molar-refractivity contribution in [2.24, 2.45) is 0 Å². The van der Waals surface area contributed by atoms with Crippen LogP contribution in [0.5, 0.6) is 28.7 Å². The van der Waals surface area contributed by atoms with Gasteiger partial charge < -0.3 is 25.2 Å². The van der Waals surface area contributed by atoms with Crippen molar-refractivity contribution in [3.05, 3.63) is 29.3 Å². The Balaban J connectivity index is 2.35. The number of aromatic hydroxyl groups is 4. The van der Waals surface area contributed by atoms with Crippen molar-refractivity contribution in [3.8, 4) is 39.9 Å². The minimum atomic E-state index is -0.327. The summed E-state index contributed by atoms with van der Waals surface area (Å²) in [5.41, 5.74) is 3.01. The zero-order valence-corrected chi connectivity index (χ0v) is 10.8. The first-order valence-corrected chi connectivity index (χ1v) is 6.20. The number of fused-ring (bicyclic) bond motifs is 3. The molecule has 0 spiro atoms. The summed E-state index contributed by atoms with van der Waals surface area (Å²) in [7, 11) is 1.41. The van der Waals surface area contributed by atoms with Crippen molar-refractivity contribution >= 4 is 0 Å². The number of phenols is 4. The Bertz CT molecular complexity index is 706. The topological polar surface area (TPSA) is 90.2 Å². The number of rotatable bonds is 1. The molecular formula is C15H14O5. The Morgan fingerprint density at radius 1 is 0.850 bits per heavy atom. The van der Waals surface area contributed by atoms with Crippen molar-refractivity contribution in [1.82, 2.24) is 0 Å². The molecule has 3 rings (SSSR count). The molecule has 0 unspecified atom stereocenters. The third-order valence-electron chi connectivity index (χ3n) is 3.65. The molecule has 0 bridgehead atoms.